The molecule has 1 aliphatic rings. The van der Waals surface area contributed by atoms with Gasteiger partial charge in [0, 0.05) is 15.6 Å². The quantitative estimate of drug-likeness (QED) is 0.394. The number of thioether (sulfide) groups is 1. The maximum absolute atomic E-state index is 13.3. The van der Waals surface area contributed by atoms with Crippen LogP contribution in [0, 0.1) is 6.92 Å². The Kier molecular flexibility index (Phi) is 6.30. The number of amides is 2. The number of halogens is 3. The van der Waals surface area contributed by atoms with Gasteiger partial charge in [0.2, 0.25) is 0 Å². The van der Waals surface area contributed by atoms with Gasteiger partial charge in [0.05, 0.1) is 15.7 Å². The monoisotopic (exact) mass is 488 g/mol. The third-order valence-electron chi connectivity index (χ3n) is 4.52. The summed E-state index contributed by atoms with van der Waals surface area (Å²) in [5.41, 5.74) is 2.28. The fourth-order valence-corrected chi connectivity index (χ4v) is 4.41. The zero-order chi connectivity index (χ0) is 22.1. The van der Waals surface area contributed by atoms with Crippen molar-refractivity contribution in [1.29, 1.82) is 0 Å². The lowest BCUT2D eigenvalue weighted by Gasteiger charge is -2.16. The molecule has 156 valence electrons. The van der Waals surface area contributed by atoms with Gasteiger partial charge in [-0.3, -0.25) is 9.59 Å². The lowest BCUT2D eigenvalue weighted by Crippen LogP contribution is -2.32. The summed E-state index contributed by atoms with van der Waals surface area (Å²) in [6.45, 7) is 1.95. The highest BCUT2D eigenvalue weighted by Gasteiger charge is 2.40. The molecule has 1 heterocycles. The summed E-state index contributed by atoms with van der Waals surface area (Å²) < 4.78 is 0. The molecule has 0 aliphatic carbocycles. The van der Waals surface area contributed by atoms with Crippen LogP contribution in [0.2, 0.25) is 15.1 Å². The zero-order valence-electron chi connectivity index (χ0n) is 16.2. The van der Waals surface area contributed by atoms with Crippen molar-refractivity contribution in [2.75, 3.05) is 10.2 Å². The van der Waals surface area contributed by atoms with Gasteiger partial charge in [-0.05, 0) is 67.1 Å². The summed E-state index contributed by atoms with van der Waals surface area (Å²) in [4.78, 5) is 28.8. The third kappa shape index (κ3) is 4.60. The van der Waals surface area contributed by atoms with E-state index in [-0.39, 0.29) is 15.6 Å². The number of benzene rings is 3. The largest absolute Gasteiger partial charge is 0.350 e. The van der Waals surface area contributed by atoms with Crippen LogP contribution in [0.15, 0.2) is 82.2 Å². The minimum absolute atomic E-state index is 0.196. The molecule has 31 heavy (non-hydrogen) atoms. The Labute approximate surface area is 198 Å². The molecule has 0 atom stereocenters. The fraction of sp³-hybridized carbons (Fsp3) is 0.0435. The van der Waals surface area contributed by atoms with Crippen molar-refractivity contribution in [1.82, 2.24) is 0 Å². The van der Waals surface area contributed by atoms with Gasteiger partial charge in [-0.2, -0.15) is 0 Å². The molecule has 3 aromatic carbocycles. The molecule has 0 saturated carbocycles. The van der Waals surface area contributed by atoms with Gasteiger partial charge in [0.25, 0.3) is 11.8 Å². The van der Waals surface area contributed by atoms with Crippen LogP contribution in [0.25, 0.3) is 0 Å². The number of hydrogen-bond donors (Lipinski definition) is 1. The van der Waals surface area contributed by atoms with E-state index in [2.05, 4.69) is 5.32 Å². The Hall–Kier alpha value is -2.44. The van der Waals surface area contributed by atoms with Crippen LogP contribution < -0.4 is 10.2 Å². The van der Waals surface area contributed by atoms with Crippen molar-refractivity contribution in [3.05, 3.63) is 98.0 Å². The standard InChI is InChI=1S/C23H15Cl3N2O2S/c1-13-3-2-4-15(11-13)27-20-21(31-17-8-5-14(24)6-9-17)23(30)28(22(20)29)16-7-10-18(25)19(26)12-16/h2-12,27H,1H3. The van der Waals surface area contributed by atoms with E-state index >= 15 is 0 Å². The van der Waals surface area contributed by atoms with Crippen molar-refractivity contribution in [3.63, 3.8) is 0 Å². The summed E-state index contributed by atoms with van der Waals surface area (Å²) in [5.74, 6) is -0.917. The predicted octanol–water partition coefficient (Wildman–Crippen LogP) is 6.94. The second-order valence-electron chi connectivity index (χ2n) is 6.80. The molecule has 0 saturated heterocycles. The number of nitrogens with zero attached hydrogens (tertiary/aromatic N) is 1. The predicted molar refractivity (Wildman–Crippen MR) is 128 cm³/mol. The molecular weight excluding hydrogens is 475 g/mol. The molecule has 8 heteroatoms. The van der Waals surface area contributed by atoms with Crippen LogP contribution in [-0.2, 0) is 9.59 Å². The number of carbonyl (C=O) groups is 2. The van der Waals surface area contributed by atoms with Crippen LogP contribution in [0.4, 0.5) is 11.4 Å². The maximum Gasteiger partial charge on any atom is 0.283 e. The van der Waals surface area contributed by atoms with Crippen LogP contribution in [0.3, 0.4) is 0 Å². The summed E-state index contributed by atoms with van der Waals surface area (Å²) in [5, 5.41) is 4.31. The molecule has 0 spiro atoms. The van der Waals surface area contributed by atoms with Crippen LogP contribution in [-0.4, -0.2) is 11.8 Å². The highest BCUT2D eigenvalue weighted by Crippen LogP contribution is 2.39. The van der Waals surface area contributed by atoms with Crippen LogP contribution >= 0.6 is 46.6 Å². The van der Waals surface area contributed by atoms with Gasteiger partial charge in [0.1, 0.15) is 10.6 Å². The van der Waals surface area contributed by atoms with E-state index < -0.39 is 11.8 Å². The highest BCUT2D eigenvalue weighted by atomic mass is 35.5. The lowest BCUT2D eigenvalue weighted by atomic mass is 10.2. The van der Waals surface area contributed by atoms with E-state index in [1.54, 1.807) is 36.4 Å². The number of hydrogen-bond acceptors (Lipinski definition) is 4. The first-order valence-electron chi connectivity index (χ1n) is 9.19. The second-order valence-corrected chi connectivity index (χ2v) is 9.13. The molecule has 3 aromatic rings. The number of imide groups is 1. The van der Waals surface area contributed by atoms with Crippen molar-refractivity contribution in [3.8, 4) is 0 Å². The molecule has 0 unspecified atom stereocenters. The molecule has 1 N–H and O–H groups in total. The first kappa shape index (κ1) is 21.8. The topological polar surface area (TPSA) is 49.4 Å². The Bertz CT molecular complexity index is 1230. The number of aryl methyl sites for hydroxylation is 1. The molecule has 2 amide bonds. The highest BCUT2D eigenvalue weighted by molar-refractivity contribution is 8.04. The molecular formula is C23H15Cl3N2O2S. The molecule has 0 fully saturated rings. The Morgan fingerprint density at radius 3 is 2.26 bits per heavy atom. The Morgan fingerprint density at radius 1 is 0.839 bits per heavy atom. The van der Waals surface area contributed by atoms with Gasteiger partial charge in [0.15, 0.2) is 0 Å². The van der Waals surface area contributed by atoms with E-state index in [0.717, 1.165) is 15.4 Å². The van der Waals surface area contributed by atoms with Gasteiger partial charge in [-0.1, -0.05) is 58.7 Å². The first-order chi connectivity index (χ1) is 14.8. The normalized spacial score (nSPS) is 13.9. The number of anilines is 2. The van der Waals surface area contributed by atoms with Crippen molar-refractivity contribution >= 4 is 69.8 Å². The second kappa shape index (κ2) is 8.97. The molecule has 4 nitrogen and oxygen atoms in total. The van der Waals surface area contributed by atoms with E-state index in [1.807, 2.05) is 31.2 Å². The van der Waals surface area contributed by atoms with Crippen molar-refractivity contribution < 1.29 is 9.59 Å². The lowest BCUT2D eigenvalue weighted by molar-refractivity contribution is -0.120. The summed E-state index contributed by atoms with van der Waals surface area (Å²) in [7, 11) is 0. The molecule has 1 aliphatic heterocycles. The van der Waals surface area contributed by atoms with Crippen molar-refractivity contribution in [2.24, 2.45) is 0 Å². The zero-order valence-corrected chi connectivity index (χ0v) is 19.2. The minimum Gasteiger partial charge on any atom is -0.350 e. The number of carbonyl (C=O) groups excluding carboxylic acids is 2. The van der Waals surface area contributed by atoms with E-state index in [9.17, 15) is 9.59 Å². The SMILES string of the molecule is Cc1cccc(NC2=C(Sc3ccc(Cl)cc3)C(=O)N(c3ccc(Cl)c(Cl)c3)C2=O)c1. The summed E-state index contributed by atoms with van der Waals surface area (Å²) in [6.07, 6.45) is 0. The van der Waals surface area contributed by atoms with Gasteiger partial charge >= 0.3 is 0 Å². The van der Waals surface area contributed by atoms with E-state index in [0.29, 0.717) is 21.4 Å². The van der Waals surface area contributed by atoms with Gasteiger partial charge in [-0.15, -0.1) is 0 Å². The summed E-state index contributed by atoms with van der Waals surface area (Å²) >= 11 is 19.3. The fourth-order valence-electron chi connectivity index (χ4n) is 3.06. The number of rotatable bonds is 5. The Balaban J connectivity index is 1.75. The van der Waals surface area contributed by atoms with Crippen LogP contribution in [0.1, 0.15) is 5.56 Å². The van der Waals surface area contributed by atoms with Gasteiger partial charge < -0.3 is 5.32 Å². The van der Waals surface area contributed by atoms with Crippen LogP contribution in [0.5, 0.6) is 0 Å². The molecule has 0 bridgehead atoms. The first-order valence-corrected chi connectivity index (χ1v) is 11.1. The van der Waals surface area contributed by atoms with E-state index in [1.165, 1.54) is 17.8 Å². The average molecular weight is 490 g/mol. The average Bonchev–Trinajstić information content (AvgIpc) is 2.96. The van der Waals surface area contributed by atoms with Crippen molar-refractivity contribution in [2.45, 2.75) is 11.8 Å². The van der Waals surface area contributed by atoms with E-state index in [4.69, 9.17) is 34.8 Å². The van der Waals surface area contributed by atoms with Gasteiger partial charge in [-0.25, -0.2) is 4.90 Å². The minimum atomic E-state index is -0.471. The third-order valence-corrected chi connectivity index (χ3v) is 6.61. The maximum atomic E-state index is 13.3. The molecule has 0 aromatic heterocycles. The molecule has 4 rings (SSSR count). The molecule has 0 radical (unpaired) electrons. The summed E-state index contributed by atoms with van der Waals surface area (Å²) in [6, 6.07) is 19.3. The smallest absolute Gasteiger partial charge is 0.283 e. The Morgan fingerprint density at radius 2 is 1.58 bits per heavy atom. The number of nitrogens with one attached hydrogen (secondary N) is 1.